The minimum atomic E-state index is -0.281. The molecule has 0 bridgehead atoms. The number of rotatable bonds is 5. The van der Waals surface area contributed by atoms with Gasteiger partial charge < -0.3 is 5.32 Å². The van der Waals surface area contributed by atoms with Crippen LogP contribution in [0, 0.1) is 11.3 Å². The van der Waals surface area contributed by atoms with E-state index in [1.165, 1.54) is 0 Å². The molecule has 1 aliphatic rings. The Morgan fingerprint density at radius 2 is 2.00 bits per heavy atom. The zero-order valence-electron chi connectivity index (χ0n) is 16.7. The van der Waals surface area contributed by atoms with E-state index in [4.69, 9.17) is 4.98 Å². The Morgan fingerprint density at radius 3 is 2.67 bits per heavy atom. The molecule has 0 unspecified atom stereocenters. The third kappa shape index (κ3) is 3.14. The summed E-state index contributed by atoms with van der Waals surface area (Å²) in [5.41, 5.74) is 3.18. The van der Waals surface area contributed by atoms with Crippen LogP contribution in [-0.2, 0) is 5.54 Å². The predicted molar refractivity (Wildman–Crippen MR) is 114 cm³/mol. The number of fused-ring (bicyclic) bond motifs is 1. The minimum absolute atomic E-state index is 0. The number of hydrogen-bond acceptors (Lipinski definition) is 6. The Labute approximate surface area is 179 Å². The van der Waals surface area contributed by atoms with Gasteiger partial charge in [0.25, 0.3) is 0 Å². The number of nitrogens with one attached hydrogen (secondary N) is 1. The lowest BCUT2D eigenvalue weighted by molar-refractivity contribution is 0.160. The molecule has 0 spiro atoms. The van der Waals surface area contributed by atoms with Crippen molar-refractivity contribution in [1.29, 1.82) is 5.26 Å². The maximum Gasteiger partial charge on any atom is 0.149 e. The summed E-state index contributed by atoms with van der Waals surface area (Å²) < 4.78 is 5.77. The van der Waals surface area contributed by atoms with Gasteiger partial charge in [0.05, 0.1) is 36.1 Å². The van der Waals surface area contributed by atoms with Gasteiger partial charge in [-0.3, -0.25) is 13.8 Å². The van der Waals surface area contributed by atoms with Crippen molar-refractivity contribution in [3.8, 4) is 28.7 Å². The summed E-state index contributed by atoms with van der Waals surface area (Å²) in [4.78, 5) is 9.37. The first-order valence-electron chi connectivity index (χ1n) is 9.61. The van der Waals surface area contributed by atoms with Crippen LogP contribution in [0.1, 0.15) is 26.3 Å². The summed E-state index contributed by atoms with van der Waals surface area (Å²) in [6.07, 6.45) is 11.7. The average Bonchev–Trinajstić information content (AvgIpc) is 3.43. The summed E-state index contributed by atoms with van der Waals surface area (Å²) >= 11 is 0. The molecule has 9 nitrogen and oxygen atoms in total. The molecule has 1 aliphatic heterocycles. The average molecular weight is 424 g/mol. The first kappa shape index (κ1) is 20.1. The van der Waals surface area contributed by atoms with E-state index in [9.17, 15) is 5.26 Å². The summed E-state index contributed by atoms with van der Waals surface area (Å²) in [6, 6.07) is 4.53. The van der Waals surface area contributed by atoms with Crippen LogP contribution < -0.4 is 5.32 Å². The lowest BCUT2D eigenvalue weighted by Crippen LogP contribution is -2.60. The van der Waals surface area contributed by atoms with Gasteiger partial charge in [0.2, 0.25) is 0 Å². The normalized spacial score (nSPS) is 15.0. The Bertz CT molecular complexity index is 1220. The highest BCUT2D eigenvalue weighted by atomic mass is 35.5. The molecular weight excluding hydrogens is 402 g/mol. The molecule has 154 valence electrons. The molecule has 5 heterocycles. The second kappa shape index (κ2) is 7.55. The first-order chi connectivity index (χ1) is 14.1. The van der Waals surface area contributed by atoms with Gasteiger partial charge in [-0.25, -0.2) is 9.97 Å². The topological polar surface area (TPSA) is 102 Å². The maximum atomic E-state index is 9.22. The van der Waals surface area contributed by atoms with Crippen molar-refractivity contribution in [3.05, 3.63) is 43.2 Å². The molecule has 0 saturated carbocycles. The van der Waals surface area contributed by atoms with Crippen molar-refractivity contribution in [3.63, 3.8) is 0 Å². The molecule has 10 heteroatoms. The van der Waals surface area contributed by atoms with E-state index < -0.39 is 0 Å². The van der Waals surface area contributed by atoms with Gasteiger partial charge >= 0.3 is 0 Å². The van der Waals surface area contributed by atoms with Gasteiger partial charge in [-0.2, -0.15) is 15.5 Å². The third-order valence-electron chi connectivity index (χ3n) is 5.46. The van der Waals surface area contributed by atoms with E-state index in [-0.39, 0.29) is 24.0 Å². The van der Waals surface area contributed by atoms with Gasteiger partial charge in [0.15, 0.2) is 0 Å². The van der Waals surface area contributed by atoms with Crippen LogP contribution in [0.4, 0.5) is 0 Å². The second-order valence-corrected chi connectivity index (χ2v) is 7.76. The van der Waals surface area contributed by atoms with Crippen LogP contribution in [0.3, 0.4) is 0 Å². The molecule has 5 rings (SSSR count). The van der Waals surface area contributed by atoms with Crippen LogP contribution >= 0.6 is 12.4 Å². The number of nitrogens with zero attached hydrogens (tertiary/aromatic N) is 8. The van der Waals surface area contributed by atoms with Crippen LogP contribution in [0.15, 0.2) is 43.2 Å². The second-order valence-electron chi connectivity index (χ2n) is 7.76. The fraction of sp³-hybridized carbons (Fsp3) is 0.350. The summed E-state index contributed by atoms with van der Waals surface area (Å²) in [5.74, 6) is 0.762. The van der Waals surface area contributed by atoms with E-state index >= 15 is 0 Å². The fourth-order valence-electron chi connectivity index (χ4n) is 3.65. The Morgan fingerprint density at radius 1 is 1.20 bits per heavy atom. The summed E-state index contributed by atoms with van der Waals surface area (Å²) in [6.45, 7) is 5.66. The SMILES string of the molecule is CC(C)n1cc(-c2cc3nccn3c(-c3cnn(C4(CC#N)CNC4)c3)n2)cn1.Cl. The monoisotopic (exact) mass is 423 g/mol. The van der Waals surface area contributed by atoms with Crippen LogP contribution in [-0.4, -0.2) is 47.0 Å². The standard InChI is InChI=1S/C20H21N9.ClH/c1-14(2)28-10-15(8-24-28)17-7-18-23-5-6-27(18)19(26-17)16-9-25-29(11-16)20(3-4-21)12-22-13-20;/h5-11,14,22H,3,12-13H2,1-2H3;1H. The maximum absolute atomic E-state index is 9.22. The molecule has 1 N–H and O–H groups in total. The van der Waals surface area contributed by atoms with E-state index in [0.717, 1.165) is 41.4 Å². The molecule has 0 amide bonds. The van der Waals surface area contributed by atoms with Crippen LogP contribution in [0.2, 0.25) is 0 Å². The van der Waals surface area contributed by atoms with E-state index in [1.807, 2.05) is 44.6 Å². The van der Waals surface area contributed by atoms with Crippen LogP contribution in [0.5, 0.6) is 0 Å². The minimum Gasteiger partial charge on any atom is -0.312 e. The van der Waals surface area contributed by atoms with Crippen molar-refractivity contribution in [2.24, 2.45) is 0 Å². The van der Waals surface area contributed by atoms with Gasteiger partial charge in [-0.1, -0.05) is 0 Å². The highest BCUT2D eigenvalue weighted by molar-refractivity contribution is 5.85. The molecule has 0 radical (unpaired) electrons. The molecule has 0 aromatic carbocycles. The van der Waals surface area contributed by atoms with E-state index in [1.54, 1.807) is 12.4 Å². The zero-order chi connectivity index (χ0) is 20.0. The van der Waals surface area contributed by atoms with E-state index in [0.29, 0.717) is 6.42 Å². The summed E-state index contributed by atoms with van der Waals surface area (Å²) in [7, 11) is 0. The number of hydrogen-bond donors (Lipinski definition) is 1. The van der Waals surface area contributed by atoms with Crippen molar-refractivity contribution < 1.29 is 0 Å². The zero-order valence-corrected chi connectivity index (χ0v) is 17.5. The lowest BCUT2D eigenvalue weighted by atomic mass is 9.89. The number of imidazole rings is 1. The largest absolute Gasteiger partial charge is 0.312 e. The predicted octanol–water partition coefficient (Wildman–Crippen LogP) is 2.67. The lowest BCUT2D eigenvalue weighted by Gasteiger charge is -2.41. The van der Waals surface area contributed by atoms with Crippen molar-refractivity contribution in [1.82, 2.24) is 39.2 Å². The summed E-state index contributed by atoms with van der Waals surface area (Å²) in [5, 5.41) is 21.5. The number of nitriles is 1. The molecule has 1 saturated heterocycles. The molecule has 0 atom stereocenters. The molecule has 1 fully saturated rings. The van der Waals surface area contributed by atoms with Crippen molar-refractivity contribution in [2.75, 3.05) is 13.1 Å². The highest BCUT2D eigenvalue weighted by Crippen LogP contribution is 2.29. The smallest absolute Gasteiger partial charge is 0.149 e. The Hall–Kier alpha value is -3.22. The Balaban J connectivity index is 0.00000218. The number of halogens is 1. The van der Waals surface area contributed by atoms with Crippen LogP contribution in [0.25, 0.3) is 28.3 Å². The molecule has 4 aromatic heterocycles. The highest BCUT2D eigenvalue weighted by Gasteiger charge is 2.39. The molecule has 4 aromatic rings. The number of aromatic nitrogens is 7. The van der Waals surface area contributed by atoms with Gasteiger partial charge in [-0.05, 0) is 13.8 Å². The fourth-order valence-corrected chi connectivity index (χ4v) is 3.65. The van der Waals surface area contributed by atoms with Crippen molar-refractivity contribution >= 4 is 18.1 Å². The molecular formula is C20H22ClN9. The van der Waals surface area contributed by atoms with Gasteiger partial charge in [-0.15, -0.1) is 12.4 Å². The quantitative estimate of drug-likeness (QED) is 0.529. The third-order valence-corrected chi connectivity index (χ3v) is 5.46. The van der Waals surface area contributed by atoms with Gasteiger partial charge in [0, 0.05) is 55.5 Å². The van der Waals surface area contributed by atoms with Gasteiger partial charge in [0.1, 0.15) is 17.0 Å². The van der Waals surface area contributed by atoms with E-state index in [2.05, 4.69) is 40.4 Å². The molecule has 30 heavy (non-hydrogen) atoms. The first-order valence-corrected chi connectivity index (χ1v) is 9.61. The Kier molecular flexibility index (Phi) is 5.05. The van der Waals surface area contributed by atoms with Crippen molar-refractivity contribution in [2.45, 2.75) is 31.8 Å². The molecule has 0 aliphatic carbocycles.